The molecule has 112 valence electrons. The Morgan fingerprint density at radius 2 is 2.15 bits per heavy atom. The topological polar surface area (TPSA) is 72.2 Å². The molecule has 1 fully saturated rings. The van der Waals surface area contributed by atoms with E-state index in [0.717, 1.165) is 19.3 Å². The molecule has 0 spiro atoms. The average molecular weight is 300 g/mol. The average Bonchev–Trinajstić information content (AvgIpc) is 2.82. The molecule has 0 heterocycles. The molecule has 1 saturated carbocycles. The molecule has 2 rings (SSSR count). The Hall–Kier alpha value is -0.980. The first-order valence-electron chi connectivity index (χ1n) is 6.91. The highest BCUT2D eigenvalue weighted by Crippen LogP contribution is 2.30. The van der Waals surface area contributed by atoms with Gasteiger partial charge in [-0.25, -0.2) is 17.5 Å². The van der Waals surface area contributed by atoms with Gasteiger partial charge in [-0.15, -0.1) is 0 Å². The van der Waals surface area contributed by atoms with Crippen molar-refractivity contribution in [3.05, 3.63) is 29.6 Å². The smallest absolute Gasteiger partial charge is 0.241 e. The molecular weight excluding hydrogens is 279 g/mol. The predicted octanol–water partition coefficient (Wildman–Crippen LogP) is 2.00. The summed E-state index contributed by atoms with van der Waals surface area (Å²) in [7, 11) is -3.70. The minimum absolute atomic E-state index is 0.0415. The van der Waals surface area contributed by atoms with E-state index >= 15 is 0 Å². The van der Waals surface area contributed by atoms with Crippen LogP contribution in [0.5, 0.6) is 0 Å². The van der Waals surface area contributed by atoms with Gasteiger partial charge in [-0.3, -0.25) is 0 Å². The third-order valence-electron chi connectivity index (χ3n) is 3.93. The molecule has 0 bridgehead atoms. The molecule has 1 aromatic carbocycles. The zero-order chi connectivity index (χ0) is 14.8. The minimum atomic E-state index is -3.70. The molecule has 0 aliphatic heterocycles. The summed E-state index contributed by atoms with van der Waals surface area (Å²) >= 11 is 0. The Kier molecular flexibility index (Phi) is 4.78. The van der Waals surface area contributed by atoms with Gasteiger partial charge in [-0.1, -0.05) is 19.4 Å². The highest BCUT2D eigenvalue weighted by molar-refractivity contribution is 7.89. The van der Waals surface area contributed by atoms with Gasteiger partial charge in [0.15, 0.2) is 0 Å². The minimum Gasteiger partial charge on any atom is -0.326 e. The molecule has 1 aromatic rings. The normalized spacial score (nSPS) is 23.1. The Morgan fingerprint density at radius 3 is 2.75 bits per heavy atom. The van der Waals surface area contributed by atoms with E-state index in [1.54, 1.807) is 0 Å². The molecule has 2 atom stereocenters. The van der Waals surface area contributed by atoms with Crippen molar-refractivity contribution >= 4 is 10.0 Å². The second kappa shape index (κ2) is 6.20. The maximum Gasteiger partial charge on any atom is 0.241 e. The van der Waals surface area contributed by atoms with Crippen molar-refractivity contribution < 1.29 is 12.8 Å². The van der Waals surface area contributed by atoms with E-state index in [4.69, 9.17) is 5.73 Å². The van der Waals surface area contributed by atoms with E-state index in [1.165, 1.54) is 18.2 Å². The Balaban J connectivity index is 2.12. The van der Waals surface area contributed by atoms with Crippen LogP contribution < -0.4 is 10.5 Å². The molecule has 0 radical (unpaired) electrons. The standard InChI is InChI=1S/C14H21FN2O2S/c1-10-5-6-11(7-10)9-17-20(18,19)14-4-2-3-13(15)12(14)8-16/h2-4,10-11,17H,5-9,16H2,1H3. The molecule has 0 aromatic heterocycles. The van der Waals surface area contributed by atoms with Crippen LogP contribution in [0.2, 0.25) is 0 Å². The van der Waals surface area contributed by atoms with Crippen LogP contribution in [0.3, 0.4) is 0 Å². The van der Waals surface area contributed by atoms with Gasteiger partial charge in [0, 0.05) is 18.7 Å². The number of halogens is 1. The first-order chi connectivity index (χ1) is 9.44. The van der Waals surface area contributed by atoms with Crippen LogP contribution in [0.4, 0.5) is 4.39 Å². The highest BCUT2D eigenvalue weighted by atomic mass is 32.2. The van der Waals surface area contributed by atoms with Crippen molar-refractivity contribution in [1.82, 2.24) is 4.72 Å². The molecule has 0 amide bonds. The second-order valence-corrected chi connectivity index (χ2v) is 7.29. The summed E-state index contributed by atoms with van der Waals surface area (Å²) in [6.45, 7) is 2.45. The Labute approximate surface area is 119 Å². The van der Waals surface area contributed by atoms with Gasteiger partial charge < -0.3 is 5.73 Å². The van der Waals surface area contributed by atoms with Gasteiger partial charge in [0.05, 0.1) is 4.90 Å². The SMILES string of the molecule is CC1CCC(CNS(=O)(=O)c2cccc(F)c2CN)C1. The summed E-state index contributed by atoms with van der Waals surface area (Å²) in [4.78, 5) is -0.0500. The lowest BCUT2D eigenvalue weighted by atomic mass is 10.1. The summed E-state index contributed by atoms with van der Waals surface area (Å²) in [5, 5.41) is 0. The largest absolute Gasteiger partial charge is 0.326 e. The van der Waals surface area contributed by atoms with Crippen LogP contribution in [-0.4, -0.2) is 15.0 Å². The number of hydrogen-bond donors (Lipinski definition) is 2. The Bertz CT molecular complexity index is 575. The van der Waals surface area contributed by atoms with Gasteiger partial charge in [0.1, 0.15) is 5.82 Å². The van der Waals surface area contributed by atoms with E-state index in [9.17, 15) is 12.8 Å². The number of rotatable bonds is 5. The van der Waals surface area contributed by atoms with Gasteiger partial charge in [0.2, 0.25) is 10.0 Å². The van der Waals surface area contributed by atoms with E-state index in [1.807, 2.05) is 0 Å². The van der Waals surface area contributed by atoms with Crippen LogP contribution in [0.1, 0.15) is 31.7 Å². The zero-order valence-corrected chi connectivity index (χ0v) is 12.4. The molecule has 0 saturated heterocycles. The number of nitrogens with two attached hydrogens (primary N) is 1. The zero-order valence-electron chi connectivity index (χ0n) is 11.6. The second-order valence-electron chi connectivity index (χ2n) is 5.56. The van der Waals surface area contributed by atoms with Crippen molar-refractivity contribution in [2.45, 2.75) is 37.6 Å². The van der Waals surface area contributed by atoms with Gasteiger partial charge in [-0.2, -0.15) is 0 Å². The molecular formula is C14H21FN2O2S. The summed E-state index contributed by atoms with van der Waals surface area (Å²) < 4.78 is 40.7. The molecule has 1 aliphatic rings. The molecule has 6 heteroatoms. The lowest BCUT2D eigenvalue weighted by Crippen LogP contribution is -2.30. The summed E-state index contributed by atoms with van der Waals surface area (Å²) in [5.74, 6) is 0.442. The van der Waals surface area contributed by atoms with E-state index < -0.39 is 15.8 Å². The van der Waals surface area contributed by atoms with Crippen molar-refractivity contribution in [3.8, 4) is 0 Å². The summed E-state index contributed by atoms with van der Waals surface area (Å²) in [6.07, 6.45) is 3.21. The maximum absolute atomic E-state index is 13.6. The van der Waals surface area contributed by atoms with Crippen molar-refractivity contribution in [1.29, 1.82) is 0 Å². The lowest BCUT2D eigenvalue weighted by molar-refractivity contribution is 0.497. The van der Waals surface area contributed by atoms with E-state index in [2.05, 4.69) is 11.6 Å². The van der Waals surface area contributed by atoms with Crippen LogP contribution in [-0.2, 0) is 16.6 Å². The lowest BCUT2D eigenvalue weighted by Gasteiger charge is -2.14. The third-order valence-corrected chi connectivity index (χ3v) is 5.44. The maximum atomic E-state index is 13.6. The van der Waals surface area contributed by atoms with Crippen molar-refractivity contribution in [2.75, 3.05) is 6.54 Å². The van der Waals surface area contributed by atoms with Crippen LogP contribution in [0.25, 0.3) is 0 Å². The van der Waals surface area contributed by atoms with Crippen LogP contribution >= 0.6 is 0 Å². The van der Waals surface area contributed by atoms with Crippen LogP contribution in [0, 0.1) is 17.7 Å². The fourth-order valence-electron chi connectivity index (χ4n) is 2.80. The molecule has 4 nitrogen and oxygen atoms in total. The fourth-order valence-corrected chi connectivity index (χ4v) is 4.18. The summed E-state index contributed by atoms with van der Waals surface area (Å²) in [6, 6.07) is 4.01. The van der Waals surface area contributed by atoms with Gasteiger partial charge in [-0.05, 0) is 36.8 Å². The molecule has 1 aliphatic carbocycles. The van der Waals surface area contributed by atoms with Gasteiger partial charge >= 0.3 is 0 Å². The predicted molar refractivity (Wildman–Crippen MR) is 76.0 cm³/mol. The molecule has 3 N–H and O–H groups in total. The number of hydrogen-bond acceptors (Lipinski definition) is 3. The van der Waals surface area contributed by atoms with Crippen molar-refractivity contribution in [2.24, 2.45) is 17.6 Å². The van der Waals surface area contributed by atoms with E-state index in [0.29, 0.717) is 18.4 Å². The van der Waals surface area contributed by atoms with E-state index in [-0.39, 0.29) is 17.0 Å². The van der Waals surface area contributed by atoms with Crippen molar-refractivity contribution in [3.63, 3.8) is 0 Å². The first-order valence-corrected chi connectivity index (χ1v) is 8.39. The summed E-state index contributed by atoms with van der Waals surface area (Å²) in [5.41, 5.74) is 5.49. The number of sulfonamides is 1. The highest BCUT2D eigenvalue weighted by Gasteiger charge is 2.25. The molecule has 2 unspecified atom stereocenters. The number of benzene rings is 1. The van der Waals surface area contributed by atoms with Gasteiger partial charge in [0.25, 0.3) is 0 Å². The molecule has 20 heavy (non-hydrogen) atoms. The Morgan fingerprint density at radius 1 is 1.40 bits per heavy atom. The van der Waals surface area contributed by atoms with Crippen LogP contribution in [0.15, 0.2) is 23.1 Å². The first kappa shape index (κ1) is 15.4. The quantitative estimate of drug-likeness (QED) is 0.873. The monoisotopic (exact) mass is 300 g/mol. The fraction of sp³-hybridized carbons (Fsp3) is 0.571. The number of nitrogens with one attached hydrogen (secondary N) is 1. The third kappa shape index (κ3) is 3.37.